The van der Waals surface area contributed by atoms with E-state index in [1.807, 2.05) is 11.8 Å². The second-order valence-corrected chi connectivity index (χ2v) is 8.05. The summed E-state index contributed by atoms with van der Waals surface area (Å²) in [6.45, 7) is 1.92. The highest BCUT2D eigenvalue weighted by molar-refractivity contribution is 8.13. The van der Waals surface area contributed by atoms with Gasteiger partial charge in [-0.15, -0.1) is 0 Å². The van der Waals surface area contributed by atoms with Gasteiger partial charge in [0.15, 0.2) is 5.17 Å². The Morgan fingerprint density at radius 3 is 2.78 bits per heavy atom. The van der Waals surface area contributed by atoms with Gasteiger partial charge < -0.3 is 5.32 Å². The fourth-order valence-electron chi connectivity index (χ4n) is 2.73. The van der Waals surface area contributed by atoms with Crippen molar-refractivity contribution in [1.29, 1.82) is 0 Å². The first-order chi connectivity index (χ1) is 8.70. The third-order valence-corrected chi connectivity index (χ3v) is 6.04. The largest absolute Gasteiger partial charge is 0.365 e. The molecule has 3 nitrogen and oxygen atoms in total. The SMILES string of the molecule is CS(=O)CCCNC1=NCC2(CCCCC2)CS1. The number of rotatable bonds is 4. The number of nitrogens with one attached hydrogen (secondary N) is 1. The third kappa shape index (κ3) is 4.26. The van der Waals surface area contributed by atoms with Crippen LogP contribution < -0.4 is 5.32 Å². The summed E-state index contributed by atoms with van der Waals surface area (Å²) in [6, 6.07) is 0. The molecule has 1 spiro atoms. The molecule has 0 saturated heterocycles. The van der Waals surface area contributed by atoms with Crippen LogP contribution >= 0.6 is 11.8 Å². The molecule has 0 aromatic carbocycles. The molecule has 1 fully saturated rings. The van der Waals surface area contributed by atoms with Crippen molar-refractivity contribution in [3.8, 4) is 0 Å². The zero-order valence-electron chi connectivity index (χ0n) is 11.2. The lowest BCUT2D eigenvalue weighted by atomic mass is 9.75. The molecule has 1 aliphatic heterocycles. The predicted octanol–water partition coefficient (Wildman–Crippen LogP) is 2.40. The van der Waals surface area contributed by atoms with Crippen LogP contribution in [-0.4, -0.2) is 40.2 Å². The molecule has 1 unspecified atom stereocenters. The minimum atomic E-state index is -0.668. The first-order valence-corrected chi connectivity index (χ1v) is 9.63. The Bertz CT molecular complexity index is 325. The lowest BCUT2D eigenvalue weighted by Crippen LogP contribution is -2.37. The summed E-state index contributed by atoms with van der Waals surface area (Å²) in [5.74, 6) is 2.02. The van der Waals surface area contributed by atoms with Gasteiger partial charge in [-0.2, -0.15) is 0 Å². The molecule has 1 aliphatic carbocycles. The molecule has 0 bridgehead atoms. The van der Waals surface area contributed by atoms with Crippen LogP contribution in [0.2, 0.25) is 0 Å². The van der Waals surface area contributed by atoms with Gasteiger partial charge in [-0.1, -0.05) is 31.0 Å². The Labute approximate surface area is 117 Å². The Morgan fingerprint density at radius 2 is 2.17 bits per heavy atom. The lowest BCUT2D eigenvalue weighted by molar-refractivity contribution is 0.232. The number of amidine groups is 1. The fourth-order valence-corrected chi connectivity index (χ4v) is 4.47. The molecular weight excluding hydrogens is 264 g/mol. The van der Waals surface area contributed by atoms with Gasteiger partial charge in [-0.3, -0.25) is 9.20 Å². The molecule has 1 N–H and O–H groups in total. The van der Waals surface area contributed by atoms with Crippen LogP contribution in [0.4, 0.5) is 0 Å². The average molecular weight is 288 g/mol. The van der Waals surface area contributed by atoms with E-state index in [9.17, 15) is 4.21 Å². The highest BCUT2D eigenvalue weighted by Gasteiger charge is 2.34. The first kappa shape index (κ1) is 14.4. The molecule has 0 aromatic heterocycles. The maximum atomic E-state index is 10.9. The summed E-state index contributed by atoms with van der Waals surface area (Å²) in [6.07, 6.45) is 9.66. The Kier molecular flexibility index (Phi) is 5.55. The van der Waals surface area contributed by atoms with Crippen molar-refractivity contribution in [2.45, 2.75) is 38.5 Å². The Morgan fingerprint density at radius 1 is 1.39 bits per heavy atom. The summed E-state index contributed by atoms with van der Waals surface area (Å²) in [4.78, 5) is 4.72. The van der Waals surface area contributed by atoms with E-state index < -0.39 is 10.8 Å². The molecule has 2 rings (SSSR count). The van der Waals surface area contributed by atoms with Gasteiger partial charge in [0.1, 0.15) is 0 Å². The van der Waals surface area contributed by atoms with Crippen molar-refractivity contribution in [3.63, 3.8) is 0 Å². The smallest absolute Gasteiger partial charge is 0.156 e. The van der Waals surface area contributed by atoms with E-state index >= 15 is 0 Å². The van der Waals surface area contributed by atoms with Crippen LogP contribution in [0.25, 0.3) is 0 Å². The van der Waals surface area contributed by atoms with Crippen molar-refractivity contribution >= 4 is 27.7 Å². The molecule has 0 radical (unpaired) electrons. The molecule has 5 heteroatoms. The van der Waals surface area contributed by atoms with Gasteiger partial charge in [0.05, 0.1) is 0 Å². The highest BCUT2D eigenvalue weighted by atomic mass is 32.2. The van der Waals surface area contributed by atoms with Gasteiger partial charge in [0.2, 0.25) is 0 Å². The summed E-state index contributed by atoms with van der Waals surface area (Å²) in [7, 11) is -0.668. The van der Waals surface area contributed by atoms with Crippen molar-refractivity contribution in [3.05, 3.63) is 0 Å². The van der Waals surface area contributed by atoms with Crippen molar-refractivity contribution in [1.82, 2.24) is 5.32 Å². The molecular formula is C13H24N2OS2. The van der Waals surface area contributed by atoms with E-state index in [1.54, 1.807) is 6.26 Å². The van der Waals surface area contributed by atoms with Gasteiger partial charge >= 0.3 is 0 Å². The van der Waals surface area contributed by atoms with Crippen LogP contribution in [0.15, 0.2) is 4.99 Å². The molecule has 0 amide bonds. The van der Waals surface area contributed by atoms with E-state index in [0.717, 1.165) is 30.4 Å². The maximum Gasteiger partial charge on any atom is 0.156 e. The quantitative estimate of drug-likeness (QED) is 0.808. The van der Waals surface area contributed by atoms with Crippen LogP contribution in [0, 0.1) is 5.41 Å². The second-order valence-electron chi connectivity index (χ2n) is 5.53. The monoisotopic (exact) mass is 288 g/mol. The predicted molar refractivity (Wildman–Crippen MR) is 81.8 cm³/mol. The Hall–Kier alpha value is -0.0300. The maximum absolute atomic E-state index is 10.9. The van der Waals surface area contributed by atoms with Crippen molar-refractivity contribution in [2.75, 3.05) is 30.9 Å². The molecule has 1 atom stereocenters. The number of hydrogen-bond donors (Lipinski definition) is 1. The van der Waals surface area contributed by atoms with Gasteiger partial charge in [-0.05, 0) is 24.7 Å². The normalized spacial score (nSPS) is 24.6. The summed E-state index contributed by atoms with van der Waals surface area (Å²) >= 11 is 1.89. The van der Waals surface area contributed by atoms with Crippen LogP contribution in [0.5, 0.6) is 0 Å². The molecule has 1 heterocycles. The van der Waals surface area contributed by atoms with Crippen LogP contribution in [0.3, 0.4) is 0 Å². The second kappa shape index (κ2) is 6.94. The molecule has 1 saturated carbocycles. The van der Waals surface area contributed by atoms with Gasteiger partial charge in [-0.25, -0.2) is 0 Å². The first-order valence-electron chi connectivity index (χ1n) is 6.91. The van der Waals surface area contributed by atoms with Crippen molar-refractivity contribution < 1.29 is 4.21 Å². The molecule has 0 aromatic rings. The summed E-state index contributed by atoms with van der Waals surface area (Å²) < 4.78 is 10.9. The zero-order chi connectivity index (χ0) is 12.8. The standard InChI is InChI=1S/C13H24N2OS2/c1-18(16)9-5-8-14-12-15-10-13(11-17-12)6-3-2-4-7-13/h2-11H2,1H3,(H,14,15). The number of aliphatic imine (C=N–C) groups is 1. The average Bonchev–Trinajstić information content (AvgIpc) is 2.38. The number of thioether (sulfide) groups is 1. The highest BCUT2D eigenvalue weighted by Crippen LogP contribution is 2.41. The Balaban J connectivity index is 1.71. The van der Waals surface area contributed by atoms with E-state index in [-0.39, 0.29) is 0 Å². The van der Waals surface area contributed by atoms with Crippen LogP contribution in [-0.2, 0) is 10.8 Å². The number of hydrogen-bond acceptors (Lipinski definition) is 4. The fraction of sp³-hybridized carbons (Fsp3) is 0.923. The minimum absolute atomic E-state index is 0.513. The zero-order valence-corrected chi connectivity index (χ0v) is 12.9. The minimum Gasteiger partial charge on any atom is -0.365 e. The van der Waals surface area contributed by atoms with Gasteiger partial charge in [0, 0.05) is 41.7 Å². The topological polar surface area (TPSA) is 41.5 Å². The third-order valence-electron chi connectivity index (χ3n) is 3.87. The van der Waals surface area contributed by atoms with Crippen molar-refractivity contribution in [2.24, 2.45) is 10.4 Å². The number of nitrogens with zero attached hydrogens (tertiary/aromatic N) is 1. The molecule has 18 heavy (non-hydrogen) atoms. The van der Waals surface area contributed by atoms with E-state index in [1.165, 1.54) is 37.9 Å². The molecule has 104 valence electrons. The van der Waals surface area contributed by atoms with E-state index in [2.05, 4.69) is 5.32 Å². The summed E-state index contributed by atoms with van der Waals surface area (Å²) in [5.41, 5.74) is 0.513. The molecule has 2 aliphatic rings. The van der Waals surface area contributed by atoms with Gasteiger partial charge in [0.25, 0.3) is 0 Å². The van der Waals surface area contributed by atoms with Crippen LogP contribution in [0.1, 0.15) is 38.5 Å². The lowest BCUT2D eigenvalue weighted by Gasteiger charge is -2.38. The summed E-state index contributed by atoms with van der Waals surface area (Å²) in [5, 5.41) is 4.48. The van der Waals surface area contributed by atoms with E-state index in [0.29, 0.717) is 5.41 Å². The van der Waals surface area contributed by atoms with E-state index in [4.69, 9.17) is 4.99 Å².